The Bertz CT molecular complexity index is 301. The summed E-state index contributed by atoms with van der Waals surface area (Å²) >= 11 is 0. The van der Waals surface area contributed by atoms with Gasteiger partial charge in [-0.25, -0.2) is 4.84 Å². The minimum absolute atomic E-state index is 0.409. The van der Waals surface area contributed by atoms with Gasteiger partial charge in [-0.15, -0.1) is 5.59 Å². The monoisotopic (exact) mass is 196 g/mol. The Morgan fingerprint density at radius 3 is 2.71 bits per heavy atom. The lowest BCUT2D eigenvalue weighted by Crippen LogP contribution is -2.29. The number of ether oxygens (including phenoxy) is 1. The average Bonchev–Trinajstić information content (AvgIpc) is 2.65. The number of benzene rings is 1. The molecule has 0 amide bonds. The maximum absolute atomic E-state index is 9.11. The molecule has 0 spiro atoms. The molecule has 76 valence electrons. The van der Waals surface area contributed by atoms with Crippen LogP contribution in [0.3, 0.4) is 0 Å². The minimum Gasteiger partial charge on any atom is -0.497 e. The second-order valence-electron chi connectivity index (χ2n) is 2.97. The van der Waals surface area contributed by atoms with E-state index in [1.807, 2.05) is 24.3 Å². The Morgan fingerprint density at radius 2 is 2.21 bits per heavy atom. The van der Waals surface area contributed by atoms with Crippen LogP contribution in [0, 0.1) is 0 Å². The molecule has 5 nitrogen and oxygen atoms in total. The third-order valence-corrected chi connectivity index (χ3v) is 2.02. The Hall–Kier alpha value is -1.30. The predicted molar refractivity (Wildman–Crippen MR) is 50.6 cm³/mol. The van der Waals surface area contributed by atoms with Gasteiger partial charge < -0.3 is 9.84 Å². The fraction of sp³-hybridized carbons (Fsp3) is 0.333. The molecule has 1 aromatic rings. The zero-order valence-electron chi connectivity index (χ0n) is 7.80. The van der Waals surface area contributed by atoms with E-state index in [0.717, 1.165) is 11.4 Å². The van der Waals surface area contributed by atoms with Crippen molar-refractivity contribution in [2.24, 2.45) is 0 Å². The maximum atomic E-state index is 9.11. The van der Waals surface area contributed by atoms with Crippen LogP contribution in [0.1, 0.15) is 0 Å². The van der Waals surface area contributed by atoms with E-state index in [1.54, 1.807) is 12.1 Å². The maximum Gasteiger partial charge on any atom is 0.196 e. The molecule has 1 atom stereocenters. The lowest BCUT2D eigenvalue weighted by Gasteiger charge is -2.15. The Morgan fingerprint density at radius 1 is 1.50 bits per heavy atom. The van der Waals surface area contributed by atoms with Gasteiger partial charge in [0.25, 0.3) is 0 Å². The van der Waals surface area contributed by atoms with Crippen LogP contribution in [-0.2, 0) is 4.84 Å². The number of rotatable bonds is 2. The van der Waals surface area contributed by atoms with Gasteiger partial charge in [0.1, 0.15) is 5.75 Å². The number of hydrogen-bond donors (Lipinski definition) is 2. The summed E-state index contributed by atoms with van der Waals surface area (Å²) in [5.74, 6) is 0.800. The van der Waals surface area contributed by atoms with Gasteiger partial charge >= 0.3 is 0 Å². The van der Waals surface area contributed by atoms with Crippen molar-refractivity contribution >= 4 is 5.69 Å². The highest BCUT2D eigenvalue weighted by molar-refractivity contribution is 5.48. The zero-order chi connectivity index (χ0) is 9.97. The second-order valence-corrected chi connectivity index (χ2v) is 2.97. The Balaban J connectivity index is 2.09. The third-order valence-electron chi connectivity index (χ3n) is 2.02. The second kappa shape index (κ2) is 3.83. The lowest BCUT2D eigenvalue weighted by molar-refractivity contribution is -0.0950. The third kappa shape index (κ3) is 1.79. The quantitative estimate of drug-likeness (QED) is 0.711. The van der Waals surface area contributed by atoms with Crippen LogP contribution >= 0.6 is 0 Å². The van der Waals surface area contributed by atoms with Gasteiger partial charge in [0, 0.05) is 0 Å². The molecule has 1 fully saturated rings. The molecule has 0 aliphatic carbocycles. The van der Waals surface area contributed by atoms with Crippen molar-refractivity contribution in [2.45, 2.75) is 6.29 Å². The summed E-state index contributed by atoms with van der Waals surface area (Å²) in [5, 5.41) is 10.8. The smallest absolute Gasteiger partial charge is 0.196 e. The van der Waals surface area contributed by atoms with Crippen molar-refractivity contribution in [3.8, 4) is 5.75 Å². The average molecular weight is 196 g/mol. The lowest BCUT2D eigenvalue weighted by atomic mass is 10.3. The van der Waals surface area contributed by atoms with Gasteiger partial charge in [0.05, 0.1) is 19.3 Å². The van der Waals surface area contributed by atoms with Gasteiger partial charge in [-0.3, -0.25) is 5.01 Å². The molecule has 0 bridgehead atoms. The highest BCUT2D eigenvalue weighted by Crippen LogP contribution is 2.19. The van der Waals surface area contributed by atoms with E-state index < -0.39 is 6.29 Å². The molecular weight excluding hydrogens is 184 g/mol. The van der Waals surface area contributed by atoms with Crippen molar-refractivity contribution in [1.29, 1.82) is 0 Å². The van der Waals surface area contributed by atoms with Crippen LogP contribution in [0.15, 0.2) is 24.3 Å². The summed E-state index contributed by atoms with van der Waals surface area (Å²) in [6, 6.07) is 7.46. The molecule has 0 saturated carbocycles. The fourth-order valence-corrected chi connectivity index (χ4v) is 1.28. The Labute approximate surface area is 81.8 Å². The van der Waals surface area contributed by atoms with E-state index in [1.165, 1.54) is 0 Å². The molecule has 1 saturated heterocycles. The SMILES string of the molecule is COc1ccc(N2CC(O)ON2)cc1. The summed E-state index contributed by atoms with van der Waals surface area (Å²) in [7, 11) is 1.62. The highest BCUT2D eigenvalue weighted by atomic mass is 16.8. The van der Waals surface area contributed by atoms with E-state index in [-0.39, 0.29) is 0 Å². The van der Waals surface area contributed by atoms with Crippen LogP contribution in [0.2, 0.25) is 0 Å². The number of nitrogens with zero attached hydrogens (tertiary/aromatic N) is 1. The summed E-state index contributed by atoms with van der Waals surface area (Å²) in [6.45, 7) is 0.409. The minimum atomic E-state index is -0.780. The van der Waals surface area contributed by atoms with Gasteiger partial charge in [-0.2, -0.15) is 0 Å². The summed E-state index contributed by atoms with van der Waals surface area (Å²) in [4.78, 5) is 4.78. The van der Waals surface area contributed by atoms with Crippen molar-refractivity contribution in [3.63, 3.8) is 0 Å². The zero-order valence-corrected chi connectivity index (χ0v) is 7.80. The molecule has 1 unspecified atom stereocenters. The molecule has 2 rings (SSSR count). The van der Waals surface area contributed by atoms with Crippen LogP contribution in [-0.4, -0.2) is 25.1 Å². The van der Waals surface area contributed by atoms with E-state index in [4.69, 9.17) is 14.7 Å². The van der Waals surface area contributed by atoms with Crippen molar-refractivity contribution in [1.82, 2.24) is 5.59 Å². The van der Waals surface area contributed by atoms with E-state index in [2.05, 4.69) is 5.59 Å². The number of methoxy groups -OCH3 is 1. The topological polar surface area (TPSA) is 54.0 Å². The molecule has 1 aliphatic heterocycles. The molecule has 1 aromatic carbocycles. The number of hydrogen-bond acceptors (Lipinski definition) is 5. The predicted octanol–water partition coefficient (Wildman–Crippen LogP) is 0.270. The number of aliphatic hydroxyl groups excluding tert-OH is 1. The number of nitrogens with one attached hydrogen (secondary N) is 1. The van der Waals surface area contributed by atoms with Gasteiger partial charge in [-0.05, 0) is 24.3 Å². The summed E-state index contributed by atoms with van der Waals surface area (Å²) in [5.41, 5.74) is 3.52. The Kier molecular flexibility index (Phi) is 2.53. The number of β-amino-alcohol motifs (C(OH)–C–C–N with tert-alkyl or cyclic N) is 1. The number of hydrazine groups is 1. The molecular formula is C9H12N2O3. The first-order valence-electron chi connectivity index (χ1n) is 4.30. The first-order chi connectivity index (χ1) is 6.79. The van der Waals surface area contributed by atoms with Crippen molar-refractivity contribution in [3.05, 3.63) is 24.3 Å². The largest absolute Gasteiger partial charge is 0.497 e. The molecule has 1 aliphatic rings. The fourth-order valence-electron chi connectivity index (χ4n) is 1.28. The van der Waals surface area contributed by atoms with Crippen molar-refractivity contribution < 1.29 is 14.7 Å². The van der Waals surface area contributed by atoms with Crippen molar-refractivity contribution in [2.75, 3.05) is 18.7 Å². The van der Waals surface area contributed by atoms with Crippen LogP contribution in [0.25, 0.3) is 0 Å². The molecule has 0 aromatic heterocycles. The molecule has 1 heterocycles. The number of aliphatic hydroxyl groups is 1. The van der Waals surface area contributed by atoms with Crippen LogP contribution in [0.5, 0.6) is 5.75 Å². The highest BCUT2D eigenvalue weighted by Gasteiger charge is 2.20. The van der Waals surface area contributed by atoms with Crippen LogP contribution in [0.4, 0.5) is 5.69 Å². The van der Waals surface area contributed by atoms with E-state index in [9.17, 15) is 0 Å². The molecule has 0 radical (unpaired) electrons. The first kappa shape index (κ1) is 9.26. The summed E-state index contributed by atoms with van der Waals surface area (Å²) in [6.07, 6.45) is -0.780. The van der Waals surface area contributed by atoms with E-state index >= 15 is 0 Å². The normalized spacial score (nSPS) is 21.3. The van der Waals surface area contributed by atoms with Crippen LogP contribution < -0.4 is 15.3 Å². The van der Waals surface area contributed by atoms with E-state index in [0.29, 0.717) is 6.54 Å². The molecule has 5 heteroatoms. The summed E-state index contributed by atoms with van der Waals surface area (Å²) < 4.78 is 5.03. The molecule has 14 heavy (non-hydrogen) atoms. The number of anilines is 1. The van der Waals surface area contributed by atoms with Gasteiger partial charge in [0.2, 0.25) is 0 Å². The standard InChI is InChI=1S/C9H12N2O3/c1-13-8-4-2-7(3-5-8)11-6-9(12)14-10-11/h2-5,9-10,12H,6H2,1H3. The van der Waals surface area contributed by atoms with Gasteiger partial charge in [0.15, 0.2) is 6.29 Å². The first-order valence-corrected chi connectivity index (χ1v) is 4.30. The molecule has 2 N–H and O–H groups in total. The van der Waals surface area contributed by atoms with Gasteiger partial charge in [-0.1, -0.05) is 0 Å².